The molecule has 2 atom stereocenters. The number of nitrogens with one attached hydrogen (secondary N) is 1. The summed E-state index contributed by atoms with van der Waals surface area (Å²) in [5.41, 5.74) is 4.72. The molecule has 4 saturated carbocycles. The van der Waals surface area contributed by atoms with Crippen LogP contribution in [0.15, 0.2) is 64.2 Å². The first-order chi connectivity index (χ1) is 16.4. The minimum Gasteiger partial charge on any atom is -0.342 e. The molecule has 6 heteroatoms. The Kier molecular flexibility index (Phi) is 6.19. The van der Waals surface area contributed by atoms with Crippen LogP contribution in [-0.2, 0) is 6.42 Å². The molecule has 4 aliphatic rings. The number of carbonyl (C=O) groups excluding carboxylic acids is 1. The summed E-state index contributed by atoms with van der Waals surface area (Å²) in [6, 6.07) is 3.90. The Labute approximate surface area is 206 Å². The highest BCUT2D eigenvalue weighted by Gasteiger charge is 2.52. The Morgan fingerprint density at radius 2 is 2.09 bits per heavy atom. The Morgan fingerprint density at radius 3 is 2.71 bits per heavy atom. The van der Waals surface area contributed by atoms with E-state index in [1.54, 1.807) is 18.5 Å². The van der Waals surface area contributed by atoms with Gasteiger partial charge in [0.1, 0.15) is 10.9 Å². The predicted molar refractivity (Wildman–Crippen MR) is 141 cm³/mol. The molecule has 2 unspecified atom stereocenters. The fraction of sp³-hybridized carbons (Fsp3) is 0.429. The number of pyridine rings is 1. The highest BCUT2D eigenvalue weighted by molar-refractivity contribution is 8.14. The number of hydrogen-bond acceptors (Lipinski definition) is 5. The van der Waals surface area contributed by atoms with E-state index in [0.29, 0.717) is 23.2 Å². The van der Waals surface area contributed by atoms with Crippen LogP contribution >= 0.6 is 11.8 Å². The molecule has 2 aromatic heterocycles. The summed E-state index contributed by atoms with van der Waals surface area (Å²) in [6.45, 7) is 12.5. The van der Waals surface area contributed by atoms with Crippen molar-refractivity contribution in [1.82, 2.24) is 9.97 Å². The first-order valence-electron chi connectivity index (χ1n) is 12.2. The lowest BCUT2D eigenvalue weighted by Crippen LogP contribution is -2.50. The molecule has 4 bridgehead atoms. The molecule has 1 N–H and O–H groups in total. The van der Waals surface area contributed by atoms with E-state index >= 15 is 0 Å². The van der Waals surface area contributed by atoms with Gasteiger partial charge in [0.25, 0.3) is 0 Å². The second-order valence-electron chi connectivity index (χ2n) is 10.00. The fourth-order valence-electron chi connectivity index (χ4n) is 6.54. The topological polar surface area (TPSA) is 70.5 Å². The van der Waals surface area contributed by atoms with Gasteiger partial charge < -0.3 is 4.98 Å². The molecular formula is C28H32N4OS. The average Bonchev–Trinajstić information content (AvgIpc) is 3.19. The van der Waals surface area contributed by atoms with Crippen molar-refractivity contribution in [1.29, 1.82) is 0 Å². The van der Waals surface area contributed by atoms with Gasteiger partial charge in [-0.25, -0.2) is 4.99 Å². The number of aliphatic imine (C=N–C) groups is 2. The van der Waals surface area contributed by atoms with Crippen LogP contribution in [0.1, 0.15) is 67.6 Å². The number of nitrogens with zero attached hydrogens (tertiary/aromatic N) is 3. The Morgan fingerprint density at radius 1 is 1.32 bits per heavy atom. The van der Waals surface area contributed by atoms with E-state index in [2.05, 4.69) is 23.1 Å². The van der Waals surface area contributed by atoms with Gasteiger partial charge in [-0.05, 0) is 81.4 Å². The molecule has 0 amide bonds. The van der Waals surface area contributed by atoms with Gasteiger partial charge in [0.05, 0.1) is 11.1 Å². The molecule has 5 nitrogen and oxygen atoms in total. The molecule has 4 fully saturated rings. The number of aromatic nitrogens is 2. The smallest absolute Gasteiger partial charge is 0.152 e. The highest BCUT2D eigenvalue weighted by Crippen LogP contribution is 2.59. The zero-order valence-corrected chi connectivity index (χ0v) is 20.8. The molecule has 6 rings (SSSR count). The Hall–Kier alpha value is -2.73. The number of aryl methyl sites for hydroxylation is 1. The number of thioether (sulfide) groups is 1. The van der Waals surface area contributed by atoms with Gasteiger partial charge in [-0.2, -0.15) is 0 Å². The van der Waals surface area contributed by atoms with Gasteiger partial charge in [-0.1, -0.05) is 37.4 Å². The summed E-state index contributed by atoms with van der Waals surface area (Å²) in [5, 5.41) is 0.745. The van der Waals surface area contributed by atoms with Crippen molar-refractivity contribution in [2.45, 2.75) is 62.8 Å². The van der Waals surface area contributed by atoms with Gasteiger partial charge in [0.2, 0.25) is 0 Å². The molecule has 2 heterocycles. The molecule has 0 saturated heterocycles. The van der Waals surface area contributed by atoms with Crippen molar-refractivity contribution in [3.05, 3.63) is 66.2 Å². The minimum absolute atomic E-state index is 0.0295. The minimum atomic E-state index is -0.0295. The summed E-state index contributed by atoms with van der Waals surface area (Å²) in [5.74, 6) is 2.64. The van der Waals surface area contributed by atoms with Crippen molar-refractivity contribution >= 4 is 34.6 Å². The van der Waals surface area contributed by atoms with Gasteiger partial charge in [-0.3, -0.25) is 14.8 Å². The third-order valence-corrected chi connectivity index (χ3v) is 8.74. The Balaban J connectivity index is 1.54. The normalized spacial score (nSPS) is 28.4. The summed E-state index contributed by atoms with van der Waals surface area (Å²) in [4.78, 5) is 31.1. The van der Waals surface area contributed by atoms with E-state index in [1.165, 1.54) is 30.2 Å². The largest absolute Gasteiger partial charge is 0.342 e. The quantitative estimate of drug-likeness (QED) is 0.160. The Bertz CT molecular complexity index is 1170. The molecule has 176 valence electrons. The van der Waals surface area contributed by atoms with Crippen molar-refractivity contribution in [2.24, 2.45) is 27.7 Å². The molecule has 0 radical (unpaired) electrons. The summed E-state index contributed by atoms with van der Waals surface area (Å²) >= 11 is 1.50. The summed E-state index contributed by atoms with van der Waals surface area (Å²) in [7, 11) is 0. The number of hydrogen-bond donors (Lipinski definition) is 1. The molecule has 4 aliphatic carbocycles. The summed E-state index contributed by atoms with van der Waals surface area (Å²) in [6.07, 6.45) is 12.9. The van der Waals surface area contributed by atoms with Crippen LogP contribution in [0.25, 0.3) is 0 Å². The second kappa shape index (κ2) is 9.14. The zero-order valence-electron chi connectivity index (χ0n) is 20.0. The van der Waals surface area contributed by atoms with Gasteiger partial charge in [0, 0.05) is 34.3 Å². The second-order valence-corrected chi connectivity index (χ2v) is 11.1. The maximum atomic E-state index is 12.2. The maximum absolute atomic E-state index is 12.2. The third kappa shape index (κ3) is 4.13. The van der Waals surface area contributed by atoms with Gasteiger partial charge >= 0.3 is 0 Å². The monoisotopic (exact) mass is 472 g/mol. The molecular weight excluding hydrogens is 440 g/mol. The number of aromatic amines is 1. The van der Waals surface area contributed by atoms with Crippen LogP contribution in [0.2, 0.25) is 0 Å². The highest BCUT2D eigenvalue weighted by atomic mass is 32.2. The molecule has 2 aromatic rings. The van der Waals surface area contributed by atoms with Gasteiger partial charge in [0.15, 0.2) is 6.29 Å². The van der Waals surface area contributed by atoms with Crippen molar-refractivity contribution in [3.63, 3.8) is 0 Å². The van der Waals surface area contributed by atoms with E-state index in [9.17, 15) is 4.79 Å². The third-order valence-electron chi connectivity index (χ3n) is 7.80. The lowest BCUT2D eigenvalue weighted by Gasteiger charge is -2.56. The summed E-state index contributed by atoms with van der Waals surface area (Å²) < 4.78 is 0. The van der Waals surface area contributed by atoms with E-state index in [4.69, 9.17) is 9.98 Å². The van der Waals surface area contributed by atoms with Crippen LogP contribution in [-0.4, -0.2) is 32.5 Å². The molecule has 0 aromatic carbocycles. The SMILES string of the molecule is C=CC(=Nc1[nH]c(CC)c(C=O)c1C(C)=NC12CC3CC(C1)C(=C)C(C3)C2)Sc1cccnc1. The predicted octanol–water partition coefficient (Wildman–Crippen LogP) is 6.74. The first kappa shape index (κ1) is 23.0. The number of rotatable bonds is 7. The lowest BCUT2D eigenvalue weighted by atomic mass is 9.51. The number of aldehydes is 1. The van der Waals surface area contributed by atoms with Crippen molar-refractivity contribution in [3.8, 4) is 0 Å². The van der Waals surface area contributed by atoms with Crippen molar-refractivity contribution in [2.75, 3.05) is 0 Å². The molecule has 0 spiro atoms. The van der Waals surface area contributed by atoms with E-state index < -0.39 is 0 Å². The van der Waals surface area contributed by atoms with Crippen LogP contribution in [0, 0.1) is 17.8 Å². The first-order valence-corrected chi connectivity index (χ1v) is 13.0. The van der Waals surface area contributed by atoms with Crippen LogP contribution in [0.5, 0.6) is 0 Å². The fourth-order valence-corrected chi connectivity index (χ4v) is 7.27. The number of allylic oxidation sites excluding steroid dienone is 1. The maximum Gasteiger partial charge on any atom is 0.152 e. The van der Waals surface area contributed by atoms with Crippen molar-refractivity contribution < 1.29 is 4.79 Å². The van der Waals surface area contributed by atoms with Crippen LogP contribution in [0.4, 0.5) is 5.82 Å². The number of H-pyrrole nitrogens is 1. The van der Waals surface area contributed by atoms with E-state index in [1.807, 2.05) is 26.0 Å². The van der Waals surface area contributed by atoms with E-state index in [-0.39, 0.29) is 5.54 Å². The standard InChI is InChI=1S/C28H32N4OS/c1-5-24-23(16-33)26(27(30-24)31-25(6-2)34-22-8-7-9-29-15-22)18(4)32-28-12-19-10-20(13-28)17(3)21(11-19)14-28/h6-9,15-16,19-21,30H,2-3,5,10-14H2,1,4H3. The van der Waals surface area contributed by atoms with Crippen LogP contribution in [0.3, 0.4) is 0 Å². The number of carbonyl (C=O) groups is 1. The molecule has 0 aliphatic heterocycles. The molecule has 34 heavy (non-hydrogen) atoms. The van der Waals surface area contributed by atoms with Gasteiger partial charge in [-0.15, -0.1) is 0 Å². The average molecular weight is 473 g/mol. The zero-order chi connectivity index (χ0) is 23.9. The van der Waals surface area contributed by atoms with Crippen LogP contribution < -0.4 is 0 Å². The lowest BCUT2D eigenvalue weighted by molar-refractivity contribution is 0.0480. The van der Waals surface area contributed by atoms with E-state index in [0.717, 1.165) is 64.8 Å².